The predicted octanol–water partition coefficient (Wildman–Crippen LogP) is 2.00. The number of amides is 1. The second-order valence-electron chi connectivity index (χ2n) is 5.77. The summed E-state index contributed by atoms with van der Waals surface area (Å²) in [4.78, 5) is 21.8. The Labute approximate surface area is 146 Å². The number of fused-ring (bicyclic) bond motifs is 1. The first-order valence-corrected chi connectivity index (χ1v) is 8.35. The number of H-pyrrole nitrogens is 1. The smallest absolute Gasteiger partial charge is 0.405 e. The molecule has 3 heterocycles. The Morgan fingerprint density at radius 1 is 1.50 bits per heavy atom. The van der Waals surface area contributed by atoms with Gasteiger partial charge in [0, 0.05) is 18.6 Å². The van der Waals surface area contributed by atoms with Crippen molar-refractivity contribution in [1.82, 2.24) is 25.5 Å². The second kappa shape index (κ2) is 6.24. The highest BCUT2D eigenvalue weighted by Crippen LogP contribution is 2.29. The highest BCUT2D eigenvalue weighted by Gasteiger charge is 2.35. The highest BCUT2D eigenvalue weighted by molar-refractivity contribution is 9.10. The Morgan fingerprint density at radius 3 is 2.79 bits per heavy atom. The van der Waals surface area contributed by atoms with Crippen molar-refractivity contribution in [2.75, 3.05) is 18.0 Å². The number of aromatic amines is 1. The van der Waals surface area contributed by atoms with Crippen LogP contribution in [0.5, 0.6) is 0 Å². The number of aromatic nitrogens is 4. The van der Waals surface area contributed by atoms with Crippen LogP contribution < -0.4 is 10.2 Å². The maximum absolute atomic E-state index is 11.0. The number of hydrogen-bond donors (Lipinski definition) is 3. The number of anilines is 1. The van der Waals surface area contributed by atoms with Gasteiger partial charge in [-0.2, -0.15) is 15.3 Å². The van der Waals surface area contributed by atoms with Gasteiger partial charge in [0.2, 0.25) is 5.95 Å². The molecular formula is C14H16BrN7O2. The zero-order valence-corrected chi connectivity index (χ0v) is 14.6. The Balaban J connectivity index is 1.86. The van der Waals surface area contributed by atoms with Gasteiger partial charge >= 0.3 is 6.09 Å². The van der Waals surface area contributed by atoms with E-state index in [1.165, 1.54) is 0 Å². The molecule has 10 heteroatoms. The van der Waals surface area contributed by atoms with Crippen molar-refractivity contribution >= 4 is 39.0 Å². The molecule has 9 nitrogen and oxygen atoms in total. The van der Waals surface area contributed by atoms with Crippen molar-refractivity contribution in [3.63, 3.8) is 0 Å². The molecule has 1 aliphatic rings. The van der Waals surface area contributed by atoms with E-state index in [1.54, 1.807) is 0 Å². The minimum atomic E-state index is -1.00. The lowest BCUT2D eigenvalue weighted by Gasteiger charge is -2.41. The Bertz CT molecular complexity index is 820. The molecule has 0 bridgehead atoms. The first kappa shape index (κ1) is 16.4. The summed E-state index contributed by atoms with van der Waals surface area (Å²) in [5.41, 5.74) is 0.340. The average molecular weight is 394 g/mol. The van der Waals surface area contributed by atoms with Crippen LogP contribution in [0.15, 0.2) is 4.60 Å². The van der Waals surface area contributed by atoms with E-state index in [0.717, 1.165) is 6.42 Å². The molecule has 0 unspecified atom stereocenters. The normalized spacial score (nSPS) is 16.8. The molecule has 0 spiro atoms. The molecule has 3 N–H and O–H groups in total. The van der Waals surface area contributed by atoms with Gasteiger partial charge in [-0.25, -0.2) is 9.78 Å². The lowest BCUT2D eigenvalue weighted by Crippen LogP contribution is -2.55. The molecule has 2 aromatic heterocycles. The van der Waals surface area contributed by atoms with E-state index in [0.29, 0.717) is 47.5 Å². The SMILES string of the molecule is CCC1(NC(=O)O)CCN(c2nc(C#N)c3c(Br)n[nH]c3n2)CC1. The molecule has 1 saturated heterocycles. The van der Waals surface area contributed by atoms with Crippen molar-refractivity contribution in [2.24, 2.45) is 0 Å². The van der Waals surface area contributed by atoms with Gasteiger partial charge in [-0.15, -0.1) is 0 Å². The van der Waals surface area contributed by atoms with E-state index < -0.39 is 11.6 Å². The molecule has 0 aromatic carbocycles. The average Bonchev–Trinajstić information content (AvgIpc) is 2.95. The lowest BCUT2D eigenvalue weighted by molar-refractivity contribution is 0.166. The van der Waals surface area contributed by atoms with Crippen LogP contribution in [0, 0.1) is 11.3 Å². The number of halogens is 1. The predicted molar refractivity (Wildman–Crippen MR) is 89.7 cm³/mol. The summed E-state index contributed by atoms with van der Waals surface area (Å²) in [5.74, 6) is 0.454. The van der Waals surface area contributed by atoms with E-state index >= 15 is 0 Å². The third kappa shape index (κ3) is 2.87. The summed E-state index contributed by atoms with van der Waals surface area (Å²) in [6, 6.07) is 2.07. The fourth-order valence-electron chi connectivity index (χ4n) is 3.03. The van der Waals surface area contributed by atoms with Crippen molar-refractivity contribution in [1.29, 1.82) is 5.26 Å². The molecule has 126 valence electrons. The van der Waals surface area contributed by atoms with Crippen LogP contribution >= 0.6 is 15.9 Å². The number of carbonyl (C=O) groups is 1. The highest BCUT2D eigenvalue weighted by atomic mass is 79.9. The van der Waals surface area contributed by atoms with Gasteiger partial charge in [-0.1, -0.05) is 6.92 Å². The van der Waals surface area contributed by atoms with Crippen LogP contribution in [-0.2, 0) is 0 Å². The number of nitrogens with zero attached hydrogens (tertiary/aromatic N) is 5. The van der Waals surface area contributed by atoms with Crippen LogP contribution in [0.4, 0.5) is 10.7 Å². The number of nitrogens with one attached hydrogen (secondary N) is 2. The number of rotatable bonds is 3. The quantitative estimate of drug-likeness (QED) is 0.726. The third-order valence-corrected chi connectivity index (χ3v) is 5.10. The van der Waals surface area contributed by atoms with Crippen molar-refractivity contribution in [2.45, 2.75) is 31.7 Å². The van der Waals surface area contributed by atoms with Crippen LogP contribution in [-0.4, -0.2) is 50.0 Å². The zero-order chi connectivity index (χ0) is 17.3. The van der Waals surface area contributed by atoms with Gasteiger partial charge in [0.25, 0.3) is 0 Å². The minimum absolute atomic E-state index is 0.256. The zero-order valence-electron chi connectivity index (χ0n) is 13.0. The monoisotopic (exact) mass is 393 g/mol. The first-order valence-electron chi connectivity index (χ1n) is 7.56. The Hall–Kier alpha value is -2.41. The van der Waals surface area contributed by atoms with Gasteiger partial charge < -0.3 is 15.3 Å². The Kier molecular flexibility index (Phi) is 4.28. The second-order valence-corrected chi connectivity index (χ2v) is 6.52. The third-order valence-electron chi connectivity index (χ3n) is 4.52. The van der Waals surface area contributed by atoms with Crippen molar-refractivity contribution in [3.8, 4) is 6.07 Å². The van der Waals surface area contributed by atoms with E-state index in [4.69, 9.17) is 5.11 Å². The standard InChI is InChI=1S/C14H16BrN7O2/c1-2-14(19-13(23)24)3-5-22(6-4-14)12-17-8(7-16)9-10(15)20-21-11(9)18-12/h19H,2-6H2,1H3,(H,23,24)(H,17,18,20,21). The summed E-state index contributed by atoms with van der Waals surface area (Å²) < 4.78 is 0.509. The minimum Gasteiger partial charge on any atom is -0.465 e. The largest absolute Gasteiger partial charge is 0.465 e. The maximum Gasteiger partial charge on any atom is 0.405 e. The molecule has 2 aromatic rings. The van der Waals surface area contributed by atoms with Gasteiger partial charge in [0.15, 0.2) is 11.3 Å². The lowest BCUT2D eigenvalue weighted by atomic mass is 9.85. The molecule has 0 atom stereocenters. The molecular weight excluding hydrogens is 378 g/mol. The summed E-state index contributed by atoms with van der Waals surface area (Å²) in [6.07, 6.45) is 1.04. The van der Waals surface area contributed by atoms with Crippen molar-refractivity contribution in [3.05, 3.63) is 10.3 Å². The van der Waals surface area contributed by atoms with E-state index in [1.807, 2.05) is 11.8 Å². The topological polar surface area (TPSA) is 131 Å². The molecule has 0 aliphatic carbocycles. The number of piperidine rings is 1. The van der Waals surface area contributed by atoms with Gasteiger partial charge in [0.1, 0.15) is 10.7 Å². The molecule has 0 saturated carbocycles. The molecule has 1 fully saturated rings. The summed E-state index contributed by atoms with van der Waals surface area (Å²) in [6.45, 7) is 3.20. The number of hydrogen-bond acceptors (Lipinski definition) is 6. The fourth-order valence-corrected chi connectivity index (χ4v) is 3.50. The molecule has 0 radical (unpaired) electrons. The molecule has 24 heavy (non-hydrogen) atoms. The summed E-state index contributed by atoms with van der Waals surface area (Å²) in [5, 5.41) is 28.4. The summed E-state index contributed by atoms with van der Waals surface area (Å²) in [7, 11) is 0. The molecule has 1 aliphatic heterocycles. The van der Waals surface area contributed by atoms with Crippen LogP contribution in [0.25, 0.3) is 11.0 Å². The van der Waals surface area contributed by atoms with Crippen molar-refractivity contribution < 1.29 is 9.90 Å². The fraction of sp³-hybridized carbons (Fsp3) is 0.500. The van der Waals surface area contributed by atoms with Gasteiger partial charge in [0.05, 0.1) is 5.39 Å². The van der Waals surface area contributed by atoms with E-state index in [9.17, 15) is 10.1 Å². The first-order chi connectivity index (χ1) is 11.5. The van der Waals surface area contributed by atoms with E-state index in [-0.39, 0.29) is 5.69 Å². The van der Waals surface area contributed by atoms with E-state index in [2.05, 4.69) is 47.5 Å². The number of carboxylic acid groups (broad SMARTS) is 1. The van der Waals surface area contributed by atoms with Crippen LogP contribution in [0.2, 0.25) is 0 Å². The molecule has 1 amide bonds. The van der Waals surface area contributed by atoms with Crippen LogP contribution in [0.3, 0.4) is 0 Å². The Morgan fingerprint density at radius 2 is 2.21 bits per heavy atom. The van der Waals surface area contributed by atoms with Crippen LogP contribution in [0.1, 0.15) is 31.9 Å². The van der Waals surface area contributed by atoms with Gasteiger partial charge in [-0.05, 0) is 35.2 Å². The number of nitriles is 1. The summed E-state index contributed by atoms with van der Waals surface area (Å²) >= 11 is 3.28. The molecule has 3 rings (SSSR count). The van der Waals surface area contributed by atoms with Gasteiger partial charge in [-0.3, -0.25) is 5.10 Å². The maximum atomic E-state index is 11.0.